The van der Waals surface area contributed by atoms with Crippen LogP contribution in [0, 0.1) is 6.92 Å². The Morgan fingerprint density at radius 3 is 2.44 bits per heavy atom. The van der Waals surface area contributed by atoms with Gasteiger partial charge in [0.1, 0.15) is 5.60 Å². The molecule has 16 heavy (non-hydrogen) atoms. The summed E-state index contributed by atoms with van der Waals surface area (Å²) in [5.74, 6) is -0.190. The maximum absolute atomic E-state index is 11.6. The van der Waals surface area contributed by atoms with Gasteiger partial charge in [0.2, 0.25) is 0 Å². The average molecular weight is 285 g/mol. The van der Waals surface area contributed by atoms with E-state index in [4.69, 9.17) is 4.74 Å². The summed E-state index contributed by atoms with van der Waals surface area (Å²) >= 11 is 3.41. The highest BCUT2D eigenvalue weighted by atomic mass is 79.9. The maximum atomic E-state index is 11.6. The lowest BCUT2D eigenvalue weighted by molar-refractivity contribution is -0.153. The zero-order valence-corrected chi connectivity index (χ0v) is 11.7. The molecule has 0 aliphatic heterocycles. The summed E-state index contributed by atoms with van der Waals surface area (Å²) in [4.78, 5) is 11.6. The van der Waals surface area contributed by atoms with Gasteiger partial charge >= 0.3 is 5.97 Å². The zero-order valence-electron chi connectivity index (χ0n) is 10.1. The second-order valence-corrected chi connectivity index (χ2v) is 5.82. The second-order valence-electron chi connectivity index (χ2n) is 4.90. The van der Waals surface area contributed by atoms with Crippen molar-refractivity contribution in [1.29, 1.82) is 0 Å². The van der Waals surface area contributed by atoms with Crippen molar-refractivity contribution >= 4 is 21.9 Å². The number of ether oxygens (including phenoxy) is 1. The van der Waals surface area contributed by atoms with E-state index in [9.17, 15) is 4.79 Å². The standard InChI is InChI=1S/C13H17BrO2/c1-9-5-10(7-11(14)6-9)8-12(15)16-13(2,3)4/h5-7H,8H2,1-4H3. The fourth-order valence-corrected chi connectivity index (χ4v) is 2.11. The third-order valence-electron chi connectivity index (χ3n) is 1.87. The Balaban J connectivity index is 2.70. The fraction of sp³-hybridized carbons (Fsp3) is 0.462. The maximum Gasteiger partial charge on any atom is 0.310 e. The highest BCUT2D eigenvalue weighted by Crippen LogP contribution is 2.17. The molecule has 1 aromatic carbocycles. The lowest BCUT2D eigenvalue weighted by Crippen LogP contribution is -2.24. The van der Waals surface area contributed by atoms with Gasteiger partial charge in [0, 0.05) is 4.47 Å². The number of rotatable bonds is 2. The van der Waals surface area contributed by atoms with Gasteiger partial charge in [-0.25, -0.2) is 0 Å². The van der Waals surface area contributed by atoms with E-state index >= 15 is 0 Å². The summed E-state index contributed by atoms with van der Waals surface area (Å²) in [5.41, 5.74) is 1.69. The Labute approximate surface area is 105 Å². The Morgan fingerprint density at radius 2 is 1.94 bits per heavy atom. The van der Waals surface area contributed by atoms with Crippen molar-refractivity contribution in [3.63, 3.8) is 0 Å². The summed E-state index contributed by atoms with van der Waals surface area (Å²) in [6.07, 6.45) is 0.317. The van der Waals surface area contributed by atoms with Crippen LogP contribution in [0.25, 0.3) is 0 Å². The lowest BCUT2D eigenvalue weighted by Gasteiger charge is -2.19. The summed E-state index contributed by atoms with van der Waals surface area (Å²) in [7, 11) is 0. The van der Waals surface area contributed by atoms with E-state index in [1.165, 1.54) is 0 Å². The minimum absolute atomic E-state index is 0.190. The van der Waals surface area contributed by atoms with E-state index in [0.29, 0.717) is 6.42 Å². The number of hydrogen-bond acceptors (Lipinski definition) is 2. The van der Waals surface area contributed by atoms with Gasteiger partial charge in [-0.3, -0.25) is 4.79 Å². The molecular weight excluding hydrogens is 268 g/mol. The van der Waals surface area contributed by atoms with Gasteiger partial charge in [-0.05, 0) is 51.0 Å². The van der Waals surface area contributed by atoms with Crippen molar-refractivity contribution in [3.05, 3.63) is 33.8 Å². The molecule has 0 spiro atoms. The summed E-state index contributed by atoms with van der Waals surface area (Å²) in [6, 6.07) is 5.95. The first-order valence-corrected chi connectivity index (χ1v) is 6.03. The van der Waals surface area contributed by atoms with Crippen molar-refractivity contribution in [1.82, 2.24) is 0 Å². The monoisotopic (exact) mass is 284 g/mol. The number of hydrogen-bond donors (Lipinski definition) is 0. The number of esters is 1. The molecule has 0 aliphatic rings. The van der Waals surface area contributed by atoms with Gasteiger partial charge < -0.3 is 4.74 Å². The van der Waals surface area contributed by atoms with Crippen molar-refractivity contribution in [2.75, 3.05) is 0 Å². The number of carbonyl (C=O) groups is 1. The molecule has 0 atom stereocenters. The molecule has 88 valence electrons. The quantitative estimate of drug-likeness (QED) is 0.775. The normalized spacial score (nSPS) is 11.3. The van der Waals surface area contributed by atoms with Crippen LogP contribution in [0.2, 0.25) is 0 Å². The molecule has 0 saturated carbocycles. The fourth-order valence-electron chi connectivity index (χ4n) is 1.46. The van der Waals surface area contributed by atoms with E-state index in [-0.39, 0.29) is 5.97 Å². The van der Waals surface area contributed by atoms with Gasteiger partial charge in [-0.15, -0.1) is 0 Å². The molecule has 0 fully saturated rings. The predicted octanol–water partition coefficient (Wildman–Crippen LogP) is 3.64. The smallest absolute Gasteiger partial charge is 0.310 e. The van der Waals surface area contributed by atoms with E-state index in [0.717, 1.165) is 15.6 Å². The van der Waals surface area contributed by atoms with E-state index in [1.807, 2.05) is 45.9 Å². The van der Waals surface area contributed by atoms with Crippen molar-refractivity contribution in [2.24, 2.45) is 0 Å². The predicted molar refractivity (Wildman–Crippen MR) is 68.4 cm³/mol. The van der Waals surface area contributed by atoms with Crippen LogP contribution in [-0.4, -0.2) is 11.6 Å². The molecule has 0 heterocycles. The van der Waals surface area contributed by atoms with Gasteiger partial charge in [0.15, 0.2) is 0 Å². The number of benzene rings is 1. The van der Waals surface area contributed by atoms with Gasteiger partial charge in [0.05, 0.1) is 6.42 Å². The molecule has 0 saturated heterocycles. The van der Waals surface area contributed by atoms with Crippen LogP contribution in [0.3, 0.4) is 0 Å². The second kappa shape index (κ2) is 5.00. The molecular formula is C13H17BrO2. The largest absolute Gasteiger partial charge is 0.460 e. The minimum atomic E-state index is -0.419. The molecule has 0 amide bonds. The number of aryl methyl sites for hydroxylation is 1. The third-order valence-corrected chi connectivity index (χ3v) is 2.33. The first-order chi connectivity index (χ1) is 7.26. The highest BCUT2D eigenvalue weighted by molar-refractivity contribution is 9.10. The molecule has 0 N–H and O–H groups in total. The average Bonchev–Trinajstić information content (AvgIpc) is 1.96. The first-order valence-electron chi connectivity index (χ1n) is 5.24. The van der Waals surface area contributed by atoms with E-state index < -0.39 is 5.60 Å². The van der Waals surface area contributed by atoms with Crippen molar-refractivity contribution in [3.8, 4) is 0 Å². The van der Waals surface area contributed by atoms with Crippen LogP contribution in [-0.2, 0) is 16.0 Å². The molecule has 0 radical (unpaired) electrons. The molecule has 0 aromatic heterocycles. The van der Waals surface area contributed by atoms with Gasteiger partial charge in [0.25, 0.3) is 0 Å². The molecule has 1 rings (SSSR count). The Morgan fingerprint density at radius 1 is 1.31 bits per heavy atom. The third kappa shape index (κ3) is 4.79. The van der Waals surface area contributed by atoms with Crippen LogP contribution < -0.4 is 0 Å². The van der Waals surface area contributed by atoms with Crippen LogP contribution >= 0.6 is 15.9 Å². The highest BCUT2D eigenvalue weighted by Gasteiger charge is 2.16. The zero-order chi connectivity index (χ0) is 12.3. The van der Waals surface area contributed by atoms with Crippen LogP contribution in [0.1, 0.15) is 31.9 Å². The van der Waals surface area contributed by atoms with E-state index in [1.54, 1.807) is 0 Å². The summed E-state index contributed by atoms with van der Waals surface area (Å²) in [6.45, 7) is 7.62. The van der Waals surface area contributed by atoms with Crippen LogP contribution in [0.4, 0.5) is 0 Å². The molecule has 0 unspecified atom stereocenters. The number of carbonyl (C=O) groups excluding carboxylic acids is 1. The van der Waals surface area contributed by atoms with Crippen molar-refractivity contribution < 1.29 is 9.53 Å². The van der Waals surface area contributed by atoms with Crippen molar-refractivity contribution in [2.45, 2.75) is 39.7 Å². The van der Waals surface area contributed by atoms with Crippen LogP contribution in [0.15, 0.2) is 22.7 Å². The Kier molecular flexibility index (Phi) is 4.14. The van der Waals surface area contributed by atoms with Gasteiger partial charge in [-0.1, -0.05) is 22.0 Å². The topological polar surface area (TPSA) is 26.3 Å². The lowest BCUT2D eigenvalue weighted by atomic mass is 10.1. The minimum Gasteiger partial charge on any atom is -0.460 e. The van der Waals surface area contributed by atoms with E-state index in [2.05, 4.69) is 15.9 Å². The molecule has 3 heteroatoms. The molecule has 0 bridgehead atoms. The first kappa shape index (κ1) is 13.2. The summed E-state index contributed by atoms with van der Waals surface area (Å²) in [5, 5.41) is 0. The SMILES string of the molecule is Cc1cc(Br)cc(CC(=O)OC(C)(C)C)c1. The van der Waals surface area contributed by atoms with Crippen LogP contribution in [0.5, 0.6) is 0 Å². The Hall–Kier alpha value is -0.830. The number of halogens is 1. The van der Waals surface area contributed by atoms with Gasteiger partial charge in [-0.2, -0.15) is 0 Å². The molecule has 2 nitrogen and oxygen atoms in total. The molecule has 1 aromatic rings. The summed E-state index contributed by atoms with van der Waals surface area (Å²) < 4.78 is 6.26. The Bertz CT molecular complexity index is 371. The molecule has 0 aliphatic carbocycles.